The first-order valence-corrected chi connectivity index (χ1v) is 8.97. The van der Waals surface area contributed by atoms with E-state index in [4.69, 9.17) is 0 Å². The minimum Gasteiger partial charge on any atom is -0.316 e. The average molecular weight is 311 g/mol. The minimum atomic E-state index is -3.40. The molecule has 0 bridgehead atoms. The van der Waals surface area contributed by atoms with Crippen molar-refractivity contribution in [1.82, 2.24) is 14.3 Å². The summed E-state index contributed by atoms with van der Waals surface area (Å²) in [4.78, 5) is 0. The maximum Gasteiger partial charge on any atom is 0.279 e. The van der Waals surface area contributed by atoms with Crippen LogP contribution in [0.25, 0.3) is 0 Å². The molecule has 0 aromatic heterocycles. The van der Waals surface area contributed by atoms with Gasteiger partial charge in [0.2, 0.25) is 0 Å². The Labute approximate surface area is 127 Å². The van der Waals surface area contributed by atoms with E-state index in [1.54, 1.807) is 7.05 Å². The van der Waals surface area contributed by atoms with Gasteiger partial charge in [-0.25, -0.2) is 4.72 Å². The van der Waals surface area contributed by atoms with Crippen molar-refractivity contribution >= 4 is 10.2 Å². The van der Waals surface area contributed by atoms with Crippen molar-refractivity contribution in [3.05, 3.63) is 35.9 Å². The number of nitrogens with one attached hydrogen (secondary N) is 2. The summed E-state index contributed by atoms with van der Waals surface area (Å²) in [6.07, 6.45) is 3.27. The molecule has 5 nitrogen and oxygen atoms in total. The van der Waals surface area contributed by atoms with Crippen LogP contribution in [0, 0.1) is 5.92 Å². The third-order valence-corrected chi connectivity index (χ3v) is 5.41. The van der Waals surface area contributed by atoms with Gasteiger partial charge in [-0.2, -0.15) is 12.7 Å². The third kappa shape index (κ3) is 5.39. The first-order valence-electron chi connectivity index (χ1n) is 7.53. The van der Waals surface area contributed by atoms with Crippen LogP contribution in [0.2, 0.25) is 0 Å². The smallest absolute Gasteiger partial charge is 0.279 e. The van der Waals surface area contributed by atoms with Gasteiger partial charge in [-0.05, 0) is 43.8 Å². The molecular weight excluding hydrogens is 286 g/mol. The van der Waals surface area contributed by atoms with Crippen LogP contribution in [0.5, 0.6) is 0 Å². The van der Waals surface area contributed by atoms with Crippen LogP contribution in [0.3, 0.4) is 0 Å². The number of hydrogen-bond donors (Lipinski definition) is 2. The lowest BCUT2D eigenvalue weighted by atomic mass is 9.96. The van der Waals surface area contributed by atoms with Gasteiger partial charge in [0.15, 0.2) is 0 Å². The van der Waals surface area contributed by atoms with Crippen LogP contribution in [0.15, 0.2) is 30.3 Å². The Morgan fingerprint density at radius 2 is 2.10 bits per heavy atom. The molecule has 0 saturated carbocycles. The summed E-state index contributed by atoms with van der Waals surface area (Å²) in [5.41, 5.74) is 0.988. The van der Waals surface area contributed by atoms with Crippen molar-refractivity contribution in [1.29, 1.82) is 0 Å². The van der Waals surface area contributed by atoms with Crippen molar-refractivity contribution < 1.29 is 8.42 Å². The van der Waals surface area contributed by atoms with E-state index >= 15 is 0 Å². The van der Waals surface area contributed by atoms with E-state index in [-0.39, 0.29) is 0 Å². The highest BCUT2D eigenvalue weighted by Crippen LogP contribution is 2.13. The summed E-state index contributed by atoms with van der Waals surface area (Å²) >= 11 is 0. The molecule has 6 heteroatoms. The zero-order valence-electron chi connectivity index (χ0n) is 12.6. The number of hydrogen-bond acceptors (Lipinski definition) is 3. The number of nitrogens with zero attached hydrogens (tertiary/aromatic N) is 1. The van der Waals surface area contributed by atoms with E-state index in [0.717, 1.165) is 25.1 Å². The zero-order chi connectivity index (χ0) is 15.1. The van der Waals surface area contributed by atoms with Gasteiger partial charge in [-0.3, -0.25) is 0 Å². The number of benzene rings is 1. The van der Waals surface area contributed by atoms with E-state index < -0.39 is 10.2 Å². The van der Waals surface area contributed by atoms with Gasteiger partial charge in [0.25, 0.3) is 10.2 Å². The Balaban J connectivity index is 1.77. The second-order valence-corrected chi connectivity index (χ2v) is 7.50. The molecule has 0 aliphatic carbocycles. The highest BCUT2D eigenvalue weighted by molar-refractivity contribution is 7.87. The largest absolute Gasteiger partial charge is 0.316 e. The van der Waals surface area contributed by atoms with Gasteiger partial charge in [-0.15, -0.1) is 0 Å². The van der Waals surface area contributed by atoms with E-state index in [2.05, 4.69) is 10.0 Å². The van der Waals surface area contributed by atoms with Gasteiger partial charge in [0.05, 0.1) is 0 Å². The minimum absolute atomic E-state index is 0.390. The Hall–Kier alpha value is -0.950. The van der Waals surface area contributed by atoms with Crippen molar-refractivity contribution in [3.8, 4) is 0 Å². The highest BCUT2D eigenvalue weighted by atomic mass is 32.2. The second kappa shape index (κ2) is 7.89. The molecule has 1 aliphatic heterocycles. The topological polar surface area (TPSA) is 61.4 Å². The molecular formula is C15H25N3O2S. The number of piperidine rings is 1. The van der Waals surface area contributed by atoms with Crippen LogP contribution < -0.4 is 10.0 Å². The third-order valence-electron chi connectivity index (χ3n) is 3.89. The van der Waals surface area contributed by atoms with E-state index in [9.17, 15) is 8.42 Å². The van der Waals surface area contributed by atoms with Crippen LogP contribution in [0.1, 0.15) is 24.8 Å². The summed E-state index contributed by atoms with van der Waals surface area (Å²) in [6, 6.07) is 9.62. The lowest BCUT2D eigenvalue weighted by Gasteiger charge is -2.23. The standard InChI is InChI=1S/C15H25N3O2S/c1-18(13-15-6-3-2-4-7-15)21(19,20)17-11-9-14-8-5-10-16-12-14/h2-4,6-7,14,16-17H,5,8-13H2,1H3. The molecule has 1 saturated heterocycles. The molecule has 1 unspecified atom stereocenters. The molecule has 0 radical (unpaired) electrons. The van der Waals surface area contributed by atoms with Crippen molar-refractivity contribution in [2.75, 3.05) is 26.7 Å². The SMILES string of the molecule is CN(Cc1ccccc1)S(=O)(=O)NCCC1CCCNC1. The van der Waals surface area contributed by atoms with E-state index in [1.165, 1.54) is 17.1 Å². The number of rotatable bonds is 7. The lowest BCUT2D eigenvalue weighted by Crippen LogP contribution is -2.39. The molecule has 1 heterocycles. The molecule has 1 fully saturated rings. The van der Waals surface area contributed by atoms with Crippen LogP contribution in [-0.2, 0) is 16.8 Å². The van der Waals surface area contributed by atoms with Gasteiger partial charge in [0.1, 0.15) is 0 Å². The fourth-order valence-electron chi connectivity index (χ4n) is 2.60. The van der Waals surface area contributed by atoms with E-state index in [0.29, 0.717) is 19.0 Å². The molecule has 2 N–H and O–H groups in total. The average Bonchev–Trinajstić information content (AvgIpc) is 2.49. The van der Waals surface area contributed by atoms with Crippen molar-refractivity contribution in [3.63, 3.8) is 0 Å². The van der Waals surface area contributed by atoms with Crippen LogP contribution in [0.4, 0.5) is 0 Å². The van der Waals surface area contributed by atoms with Crippen LogP contribution >= 0.6 is 0 Å². The van der Waals surface area contributed by atoms with Crippen molar-refractivity contribution in [2.45, 2.75) is 25.8 Å². The summed E-state index contributed by atoms with van der Waals surface area (Å²) < 4.78 is 28.4. The maximum atomic E-state index is 12.2. The summed E-state index contributed by atoms with van der Waals surface area (Å²) in [6.45, 7) is 2.98. The fraction of sp³-hybridized carbons (Fsp3) is 0.600. The van der Waals surface area contributed by atoms with Gasteiger partial charge in [-0.1, -0.05) is 30.3 Å². The monoisotopic (exact) mass is 311 g/mol. The van der Waals surface area contributed by atoms with Crippen molar-refractivity contribution in [2.24, 2.45) is 5.92 Å². The second-order valence-electron chi connectivity index (χ2n) is 5.64. The fourth-order valence-corrected chi connectivity index (χ4v) is 3.51. The summed E-state index contributed by atoms with van der Waals surface area (Å²) in [5.74, 6) is 0.584. The first kappa shape index (κ1) is 16.4. The molecule has 2 rings (SSSR count). The molecule has 118 valence electrons. The van der Waals surface area contributed by atoms with Gasteiger partial charge in [0, 0.05) is 20.1 Å². The first-order chi connectivity index (χ1) is 10.1. The Morgan fingerprint density at radius 1 is 1.33 bits per heavy atom. The Kier molecular flexibility index (Phi) is 6.17. The molecule has 0 spiro atoms. The highest BCUT2D eigenvalue weighted by Gasteiger charge is 2.18. The van der Waals surface area contributed by atoms with E-state index in [1.807, 2.05) is 30.3 Å². The molecule has 1 atom stereocenters. The molecule has 0 amide bonds. The normalized spacial score (nSPS) is 19.8. The summed E-state index contributed by atoms with van der Waals surface area (Å²) in [5, 5.41) is 3.35. The van der Waals surface area contributed by atoms with Gasteiger partial charge >= 0.3 is 0 Å². The Morgan fingerprint density at radius 3 is 2.76 bits per heavy atom. The molecule has 21 heavy (non-hydrogen) atoms. The Bertz CT molecular complexity index is 513. The molecule has 1 aromatic rings. The van der Waals surface area contributed by atoms with Gasteiger partial charge < -0.3 is 5.32 Å². The van der Waals surface area contributed by atoms with Crippen LogP contribution in [-0.4, -0.2) is 39.4 Å². The zero-order valence-corrected chi connectivity index (χ0v) is 13.4. The predicted octanol–water partition coefficient (Wildman–Crippen LogP) is 1.34. The summed E-state index contributed by atoms with van der Waals surface area (Å²) in [7, 11) is -1.79. The molecule has 1 aliphatic rings. The predicted molar refractivity (Wildman–Crippen MR) is 85.0 cm³/mol. The quantitative estimate of drug-likeness (QED) is 0.799. The maximum absolute atomic E-state index is 12.2. The molecule has 1 aromatic carbocycles. The lowest BCUT2D eigenvalue weighted by molar-refractivity contribution is 0.356.